The number of anilines is 1. The van der Waals surface area contributed by atoms with Gasteiger partial charge in [0.2, 0.25) is 5.91 Å². The first-order chi connectivity index (χ1) is 16.6. The Morgan fingerprint density at radius 2 is 1.71 bits per heavy atom. The predicted molar refractivity (Wildman–Crippen MR) is 128 cm³/mol. The van der Waals surface area contributed by atoms with Crippen LogP contribution < -0.4 is 19.7 Å². The quantitative estimate of drug-likeness (QED) is 0.527. The van der Waals surface area contributed by atoms with E-state index in [2.05, 4.69) is 5.32 Å². The van der Waals surface area contributed by atoms with Gasteiger partial charge in [-0.15, -0.1) is 0 Å². The van der Waals surface area contributed by atoms with Crippen molar-refractivity contribution in [2.24, 2.45) is 0 Å². The second-order valence-corrected chi connectivity index (χ2v) is 8.86. The molecule has 2 heterocycles. The molecule has 2 aliphatic rings. The number of nitrogens with zero attached hydrogens (tertiary/aromatic N) is 1. The van der Waals surface area contributed by atoms with Crippen molar-refractivity contribution in [2.45, 2.75) is 37.8 Å². The Hall–Kier alpha value is -3.45. The molecule has 1 N–H and O–H groups in total. The monoisotopic (exact) mass is 480 g/mol. The lowest BCUT2D eigenvalue weighted by atomic mass is 10.0. The Bertz CT molecular complexity index is 1160. The lowest BCUT2D eigenvalue weighted by molar-refractivity contribution is -0.123. The molecule has 5 rings (SSSR count). The number of rotatable bonds is 6. The van der Waals surface area contributed by atoms with Crippen molar-refractivity contribution in [2.75, 3.05) is 18.1 Å². The van der Waals surface area contributed by atoms with E-state index in [1.807, 2.05) is 0 Å². The Kier molecular flexibility index (Phi) is 6.45. The molecule has 0 saturated heterocycles. The fourth-order valence-electron chi connectivity index (χ4n) is 4.50. The first kappa shape index (κ1) is 22.3. The van der Waals surface area contributed by atoms with E-state index in [9.17, 15) is 9.59 Å². The largest absolute Gasteiger partial charge is 0.486 e. The maximum absolute atomic E-state index is 13.8. The number of benzene rings is 2. The highest BCUT2D eigenvalue weighted by molar-refractivity contribution is 6.30. The molecule has 0 unspecified atom stereocenters. The van der Waals surface area contributed by atoms with E-state index in [1.54, 1.807) is 54.6 Å². The summed E-state index contributed by atoms with van der Waals surface area (Å²) in [5.41, 5.74) is 1.13. The molecule has 1 aliphatic carbocycles. The van der Waals surface area contributed by atoms with Gasteiger partial charge in [0.25, 0.3) is 5.91 Å². The number of furan rings is 1. The van der Waals surface area contributed by atoms with Gasteiger partial charge < -0.3 is 19.2 Å². The zero-order chi connectivity index (χ0) is 23.5. The van der Waals surface area contributed by atoms with Crippen LogP contribution in [0, 0.1) is 0 Å². The van der Waals surface area contributed by atoms with Gasteiger partial charge in [-0.05, 0) is 54.8 Å². The SMILES string of the molecule is O=C(NC1CCCC1)[C@@H](c1ccc(Cl)cc1)N(C(=O)c1ccco1)c1ccc2c(c1)OCCO2. The fraction of sp³-hybridized carbons (Fsp3) is 0.308. The lowest BCUT2D eigenvalue weighted by Gasteiger charge is -2.32. The molecular formula is C26H25ClN2O5. The third kappa shape index (κ3) is 4.61. The van der Waals surface area contributed by atoms with E-state index >= 15 is 0 Å². The number of ether oxygens (including phenoxy) is 2. The lowest BCUT2D eigenvalue weighted by Crippen LogP contribution is -2.46. The van der Waals surface area contributed by atoms with Gasteiger partial charge in [-0.3, -0.25) is 14.5 Å². The Labute approximate surface area is 202 Å². The molecule has 176 valence electrons. The molecule has 8 heteroatoms. The highest BCUT2D eigenvalue weighted by atomic mass is 35.5. The highest BCUT2D eigenvalue weighted by Crippen LogP contribution is 2.38. The van der Waals surface area contributed by atoms with Gasteiger partial charge >= 0.3 is 0 Å². The standard InChI is InChI=1S/C26H25ClN2O5/c27-18-9-7-17(8-10-18)24(25(30)28-19-4-1-2-5-19)29(26(31)22-6-3-13-32-22)20-11-12-21-23(16-20)34-15-14-33-21/h3,6-13,16,19,24H,1-2,4-5,14-15H2,(H,28,30)/t24-/m1/s1. The molecule has 2 amide bonds. The number of hydrogen-bond donors (Lipinski definition) is 1. The topological polar surface area (TPSA) is 81.0 Å². The number of nitrogens with one attached hydrogen (secondary N) is 1. The summed E-state index contributed by atoms with van der Waals surface area (Å²) in [6.45, 7) is 0.865. The molecule has 0 bridgehead atoms. The van der Waals surface area contributed by atoms with E-state index < -0.39 is 11.9 Å². The second-order valence-electron chi connectivity index (χ2n) is 8.42. The van der Waals surface area contributed by atoms with Gasteiger partial charge in [-0.1, -0.05) is 36.6 Å². The predicted octanol–water partition coefficient (Wildman–Crippen LogP) is 5.15. The van der Waals surface area contributed by atoms with Crippen LogP contribution in [0.1, 0.15) is 47.8 Å². The van der Waals surface area contributed by atoms with Gasteiger partial charge in [0.05, 0.1) is 6.26 Å². The summed E-state index contributed by atoms with van der Waals surface area (Å²) in [6, 6.07) is 14.6. The Morgan fingerprint density at radius 1 is 0.971 bits per heavy atom. The maximum Gasteiger partial charge on any atom is 0.294 e. The van der Waals surface area contributed by atoms with Crippen LogP contribution in [0.2, 0.25) is 5.02 Å². The van der Waals surface area contributed by atoms with Crippen molar-refractivity contribution in [1.29, 1.82) is 0 Å². The molecule has 1 atom stereocenters. The van der Waals surface area contributed by atoms with Crippen LogP contribution >= 0.6 is 11.6 Å². The van der Waals surface area contributed by atoms with Crippen LogP contribution in [0.25, 0.3) is 0 Å². The van der Waals surface area contributed by atoms with Crippen molar-refractivity contribution < 1.29 is 23.5 Å². The summed E-state index contributed by atoms with van der Waals surface area (Å²) < 4.78 is 16.8. The molecule has 1 aliphatic heterocycles. The number of hydrogen-bond acceptors (Lipinski definition) is 5. The minimum absolute atomic E-state index is 0.0862. The van der Waals surface area contributed by atoms with E-state index in [4.69, 9.17) is 25.5 Å². The number of amides is 2. The molecule has 1 aromatic heterocycles. The third-order valence-corrected chi connectivity index (χ3v) is 6.40. The van der Waals surface area contributed by atoms with E-state index in [-0.39, 0.29) is 17.7 Å². The van der Waals surface area contributed by atoms with Gasteiger partial charge in [0.1, 0.15) is 19.3 Å². The first-order valence-electron chi connectivity index (χ1n) is 11.4. The van der Waals surface area contributed by atoms with Crippen LogP contribution in [0.5, 0.6) is 11.5 Å². The van der Waals surface area contributed by atoms with Gasteiger partial charge in [0.15, 0.2) is 17.3 Å². The van der Waals surface area contributed by atoms with Gasteiger partial charge in [-0.25, -0.2) is 0 Å². The zero-order valence-electron chi connectivity index (χ0n) is 18.5. The molecule has 0 spiro atoms. The molecule has 0 radical (unpaired) electrons. The van der Waals surface area contributed by atoms with E-state index in [0.717, 1.165) is 25.7 Å². The summed E-state index contributed by atoms with van der Waals surface area (Å²) in [5, 5.41) is 3.70. The summed E-state index contributed by atoms with van der Waals surface area (Å²) in [5.74, 6) is 0.542. The fourth-order valence-corrected chi connectivity index (χ4v) is 4.62. The number of carbonyl (C=O) groups excluding carboxylic acids is 2. The molecule has 7 nitrogen and oxygen atoms in total. The molecule has 1 fully saturated rings. The summed E-state index contributed by atoms with van der Waals surface area (Å²) >= 11 is 6.13. The molecule has 2 aromatic carbocycles. The van der Waals surface area contributed by atoms with E-state index in [1.165, 1.54) is 11.2 Å². The Balaban J connectivity index is 1.60. The van der Waals surface area contributed by atoms with Crippen LogP contribution in [0.15, 0.2) is 65.3 Å². The molecule has 34 heavy (non-hydrogen) atoms. The van der Waals surface area contributed by atoms with Crippen molar-refractivity contribution in [1.82, 2.24) is 5.32 Å². The summed E-state index contributed by atoms with van der Waals surface area (Å²) in [6.07, 6.45) is 5.44. The Morgan fingerprint density at radius 3 is 2.41 bits per heavy atom. The smallest absolute Gasteiger partial charge is 0.294 e. The number of halogens is 1. The minimum atomic E-state index is -0.946. The van der Waals surface area contributed by atoms with Crippen molar-refractivity contribution in [3.63, 3.8) is 0 Å². The number of fused-ring (bicyclic) bond motifs is 1. The highest BCUT2D eigenvalue weighted by Gasteiger charge is 2.36. The molecule has 1 saturated carbocycles. The average Bonchev–Trinajstić information content (AvgIpc) is 3.57. The second kappa shape index (κ2) is 9.81. The van der Waals surface area contributed by atoms with Crippen LogP contribution in [-0.2, 0) is 4.79 Å². The molecular weight excluding hydrogens is 456 g/mol. The van der Waals surface area contributed by atoms with Gasteiger partial charge in [-0.2, -0.15) is 0 Å². The number of carbonyl (C=O) groups is 2. The normalized spacial score (nSPS) is 16.1. The van der Waals surface area contributed by atoms with Crippen LogP contribution in [0.3, 0.4) is 0 Å². The van der Waals surface area contributed by atoms with Crippen molar-refractivity contribution in [3.05, 3.63) is 77.2 Å². The van der Waals surface area contributed by atoms with Crippen molar-refractivity contribution in [3.8, 4) is 11.5 Å². The average molecular weight is 481 g/mol. The maximum atomic E-state index is 13.8. The van der Waals surface area contributed by atoms with Gasteiger partial charge in [0, 0.05) is 22.8 Å². The molecule has 3 aromatic rings. The zero-order valence-corrected chi connectivity index (χ0v) is 19.3. The first-order valence-corrected chi connectivity index (χ1v) is 11.8. The third-order valence-electron chi connectivity index (χ3n) is 6.15. The minimum Gasteiger partial charge on any atom is -0.486 e. The van der Waals surface area contributed by atoms with Crippen LogP contribution in [0.4, 0.5) is 5.69 Å². The van der Waals surface area contributed by atoms with Crippen LogP contribution in [-0.4, -0.2) is 31.1 Å². The summed E-state index contributed by atoms with van der Waals surface area (Å²) in [4.78, 5) is 28.9. The van der Waals surface area contributed by atoms with Crippen molar-refractivity contribution >= 4 is 29.1 Å². The summed E-state index contributed by atoms with van der Waals surface area (Å²) in [7, 11) is 0. The van der Waals surface area contributed by atoms with E-state index in [0.29, 0.717) is 41.0 Å².